The van der Waals surface area contributed by atoms with Crippen LogP contribution in [0.5, 0.6) is 17.2 Å². The lowest BCUT2D eigenvalue weighted by Gasteiger charge is -2.15. The molecule has 1 aromatic carbocycles. The first-order valence-corrected chi connectivity index (χ1v) is 8.29. The fraction of sp³-hybridized carbons (Fsp3) is 0.438. The maximum Gasteiger partial charge on any atom is 0.225 e. The van der Waals surface area contributed by atoms with Gasteiger partial charge >= 0.3 is 0 Å². The van der Waals surface area contributed by atoms with E-state index in [0.29, 0.717) is 33.9 Å². The third-order valence-corrected chi connectivity index (χ3v) is 4.38. The summed E-state index contributed by atoms with van der Waals surface area (Å²) in [6, 6.07) is 3.62. The fourth-order valence-corrected chi connectivity index (χ4v) is 3.16. The van der Waals surface area contributed by atoms with Crippen molar-refractivity contribution in [3.05, 3.63) is 12.1 Å². The normalized spacial score (nSPS) is 10.4. The minimum atomic E-state index is -0.0514. The first-order chi connectivity index (χ1) is 11.5. The topological polar surface area (TPSA) is 73.8 Å². The van der Waals surface area contributed by atoms with Crippen molar-refractivity contribution in [2.24, 2.45) is 0 Å². The van der Waals surface area contributed by atoms with Crippen LogP contribution in [0.25, 0.3) is 10.6 Å². The van der Waals surface area contributed by atoms with Crippen molar-refractivity contribution < 1.29 is 19.0 Å². The second-order valence-electron chi connectivity index (χ2n) is 4.97. The van der Waals surface area contributed by atoms with Gasteiger partial charge in [-0.2, -0.15) is 0 Å². The zero-order valence-corrected chi connectivity index (χ0v) is 15.3. The molecule has 8 heteroatoms. The standard InChI is InChI=1S/C16H21N3O4S/c1-6-7-19(10(2)20)16-18-17-15(24-16)11-8-12(21-3)14(23-5)13(9-11)22-4/h8-9H,6-7H2,1-5H3. The average molecular weight is 351 g/mol. The van der Waals surface area contributed by atoms with Gasteiger partial charge in [0.15, 0.2) is 11.5 Å². The predicted octanol–water partition coefficient (Wildman–Crippen LogP) is 2.99. The van der Waals surface area contributed by atoms with E-state index < -0.39 is 0 Å². The molecule has 0 bridgehead atoms. The predicted molar refractivity (Wildman–Crippen MR) is 93.3 cm³/mol. The van der Waals surface area contributed by atoms with E-state index in [4.69, 9.17) is 14.2 Å². The molecule has 0 aliphatic carbocycles. The van der Waals surface area contributed by atoms with Gasteiger partial charge in [-0.15, -0.1) is 10.2 Å². The molecule has 0 saturated carbocycles. The van der Waals surface area contributed by atoms with Crippen molar-refractivity contribution in [1.82, 2.24) is 10.2 Å². The van der Waals surface area contributed by atoms with Gasteiger partial charge in [0.25, 0.3) is 0 Å². The first kappa shape index (κ1) is 18.0. The summed E-state index contributed by atoms with van der Waals surface area (Å²) >= 11 is 1.35. The van der Waals surface area contributed by atoms with E-state index >= 15 is 0 Å². The molecule has 7 nitrogen and oxygen atoms in total. The average Bonchev–Trinajstić information content (AvgIpc) is 3.07. The molecule has 24 heavy (non-hydrogen) atoms. The summed E-state index contributed by atoms with van der Waals surface area (Å²) in [6.07, 6.45) is 0.846. The second-order valence-corrected chi connectivity index (χ2v) is 5.93. The van der Waals surface area contributed by atoms with Gasteiger partial charge < -0.3 is 14.2 Å². The largest absolute Gasteiger partial charge is 0.493 e. The SMILES string of the molecule is CCCN(C(C)=O)c1nnc(-c2cc(OC)c(OC)c(OC)c2)s1. The molecule has 0 saturated heterocycles. The van der Waals surface area contributed by atoms with E-state index in [-0.39, 0.29) is 5.91 Å². The number of aromatic nitrogens is 2. The van der Waals surface area contributed by atoms with Crippen LogP contribution in [0.1, 0.15) is 20.3 Å². The molecule has 0 fully saturated rings. The van der Waals surface area contributed by atoms with Gasteiger partial charge in [0, 0.05) is 19.0 Å². The van der Waals surface area contributed by atoms with Gasteiger partial charge in [-0.1, -0.05) is 18.3 Å². The highest BCUT2D eigenvalue weighted by molar-refractivity contribution is 7.18. The number of hydrogen-bond donors (Lipinski definition) is 0. The van der Waals surface area contributed by atoms with Crippen LogP contribution in [0.2, 0.25) is 0 Å². The molecule has 2 rings (SSSR count). The molecule has 0 unspecified atom stereocenters. The van der Waals surface area contributed by atoms with Crippen LogP contribution >= 0.6 is 11.3 Å². The van der Waals surface area contributed by atoms with Crippen molar-refractivity contribution in [1.29, 1.82) is 0 Å². The van der Waals surface area contributed by atoms with Crippen molar-refractivity contribution in [2.75, 3.05) is 32.8 Å². The minimum absolute atomic E-state index is 0.0514. The molecule has 0 aliphatic rings. The summed E-state index contributed by atoms with van der Waals surface area (Å²) < 4.78 is 16.0. The first-order valence-electron chi connectivity index (χ1n) is 7.47. The van der Waals surface area contributed by atoms with Gasteiger partial charge in [0.05, 0.1) is 21.3 Å². The second kappa shape index (κ2) is 7.96. The zero-order valence-electron chi connectivity index (χ0n) is 14.5. The lowest BCUT2D eigenvalue weighted by Crippen LogP contribution is -2.28. The molecule has 1 aromatic heterocycles. The Morgan fingerprint density at radius 1 is 1.12 bits per heavy atom. The fourth-order valence-electron chi connectivity index (χ4n) is 2.26. The van der Waals surface area contributed by atoms with E-state index in [1.165, 1.54) is 18.3 Å². The van der Waals surface area contributed by atoms with Crippen LogP contribution in [0.3, 0.4) is 0 Å². The number of carbonyl (C=O) groups excluding carboxylic acids is 1. The molecule has 0 aliphatic heterocycles. The Morgan fingerprint density at radius 3 is 2.21 bits per heavy atom. The van der Waals surface area contributed by atoms with Crippen molar-refractivity contribution in [3.63, 3.8) is 0 Å². The molecule has 0 radical (unpaired) electrons. The van der Waals surface area contributed by atoms with Crippen LogP contribution in [-0.4, -0.2) is 44.0 Å². The number of ether oxygens (including phenoxy) is 3. The zero-order chi connectivity index (χ0) is 17.7. The number of nitrogens with zero attached hydrogens (tertiary/aromatic N) is 3. The molecular formula is C16H21N3O4S. The maximum absolute atomic E-state index is 11.8. The Kier molecular flexibility index (Phi) is 5.97. The Balaban J connectivity index is 2.44. The quantitative estimate of drug-likeness (QED) is 0.763. The Morgan fingerprint density at radius 2 is 1.75 bits per heavy atom. The van der Waals surface area contributed by atoms with Crippen LogP contribution in [0.4, 0.5) is 5.13 Å². The van der Waals surface area contributed by atoms with Gasteiger partial charge in [-0.3, -0.25) is 9.69 Å². The van der Waals surface area contributed by atoms with Gasteiger partial charge in [0.2, 0.25) is 16.8 Å². The molecule has 1 amide bonds. The van der Waals surface area contributed by atoms with Crippen molar-refractivity contribution in [2.45, 2.75) is 20.3 Å². The van der Waals surface area contributed by atoms with E-state index in [9.17, 15) is 4.79 Å². The molecule has 1 heterocycles. The third kappa shape index (κ3) is 3.59. The number of methoxy groups -OCH3 is 3. The van der Waals surface area contributed by atoms with Gasteiger partial charge in [-0.05, 0) is 18.6 Å². The Labute approximate surface area is 145 Å². The van der Waals surface area contributed by atoms with Crippen molar-refractivity contribution in [3.8, 4) is 27.8 Å². The number of benzene rings is 1. The van der Waals surface area contributed by atoms with E-state index in [1.807, 2.05) is 19.1 Å². The maximum atomic E-state index is 11.8. The lowest BCUT2D eigenvalue weighted by atomic mass is 10.2. The molecule has 0 atom stereocenters. The third-order valence-electron chi connectivity index (χ3n) is 3.38. The highest BCUT2D eigenvalue weighted by Gasteiger charge is 2.19. The molecular weight excluding hydrogens is 330 g/mol. The van der Waals surface area contributed by atoms with Crippen LogP contribution in [0, 0.1) is 0 Å². The summed E-state index contributed by atoms with van der Waals surface area (Å²) in [5.74, 6) is 1.55. The number of rotatable bonds is 7. The number of anilines is 1. The smallest absolute Gasteiger partial charge is 0.225 e. The van der Waals surface area contributed by atoms with Gasteiger partial charge in [-0.25, -0.2) is 0 Å². The highest BCUT2D eigenvalue weighted by Crippen LogP contribution is 2.42. The van der Waals surface area contributed by atoms with Gasteiger partial charge in [0.1, 0.15) is 5.01 Å². The summed E-state index contributed by atoms with van der Waals surface area (Å²) in [5.41, 5.74) is 0.785. The van der Waals surface area contributed by atoms with E-state index in [2.05, 4.69) is 10.2 Å². The van der Waals surface area contributed by atoms with Crippen molar-refractivity contribution >= 4 is 22.4 Å². The highest BCUT2D eigenvalue weighted by atomic mass is 32.1. The molecule has 0 spiro atoms. The Hall–Kier alpha value is -2.35. The van der Waals surface area contributed by atoms with Crippen LogP contribution < -0.4 is 19.1 Å². The molecule has 0 N–H and O–H groups in total. The Bertz CT molecular complexity index is 692. The van der Waals surface area contributed by atoms with Crippen LogP contribution in [-0.2, 0) is 4.79 Å². The lowest BCUT2D eigenvalue weighted by molar-refractivity contribution is -0.116. The summed E-state index contributed by atoms with van der Waals surface area (Å²) in [7, 11) is 4.68. The minimum Gasteiger partial charge on any atom is -0.493 e. The number of carbonyl (C=O) groups is 1. The summed E-state index contributed by atoms with van der Waals surface area (Å²) in [5, 5.41) is 9.60. The monoisotopic (exact) mass is 351 g/mol. The number of amides is 1. The number of hydrogen-bond acceptors (Lipinski definition) is 7. The summed E-state index contributed by atoms with van der Waals surface area (Å²) in [4.78, 5) is 13.4. The molecule has 130 valence electrons. The molecule has 2 aromatic rings. The van der Waals surface area contributed by atoms with Crippen LogP contribution in [0.15, 0.2) is 12.1 Å². The van der Waals surface area contributed by atoms with E-state index in [1.54, 1.807) is 26.2 Å². The van der Waals surface area contributed by atoms with E-state index in [0.717, 1.165) is 12.0 Å². The summed E-state index contributed by atoms with van der Waals surface area (Å²) in [6.45, 7) is 4.15.